The zero-order chi connectivity index (χ0) is 17.3. The minimum Gasteiger partial charge on any atom is -0.481 e. The van der Waals surface area contributed by atoms with Crippen LogP contribution in [0, 0.1) is 29.1 Å². The highest BCUT2D eigenvalue weighted by atomic mass is 32.1. The Kier molecular flexibility index (Phi) is 4.91. The van der Waals surface area contributed by atoms with Crippen LogP contribution in [0.4, 0.5) is 5.00 Å². The maximum atomic E-state index is 12.7. The fourth-order valence-corrected chi connectivity index (χ4v) is 5.27. The third-order valence-electron chi connectivity index (χ3n) is 5.28. The van der Waals surface area contributed by atoms with Crippen molar-refractivity contribution >= 4 is 28.2 Å². The number of carbonyl (C=O) groups is 2. The lowest BCUT2D eigenvalue weighted by Gasteiger charge is -2.27. The molecule has 1 aromatic rings. The van der Waals surface area contributed by atoms with Crippen LogP contribution >= 0.6 is 11.3 Å². The fourth-order valence-electron chi connectivity index (χ4n) is 3.90. The van der Waals surface area contributed by atoms with Crippen molar-refractivity contribution in [1.29, 1.82) is 5.26 Å². The first-order valence-corrected chi connectivity index (χ1v) is 9.41. The Bertz CT molecular complexity index is 704. The van der Waals surface area contributed by atoms with Gasteiger partial charge in [-0.15, -0.1) is 11.3 Å². The molecule has 3 rings (SSSR count). The number of nitriles is 1. The number of anilines is 1. The highest BCUT2D eigenvalue weighted by Crippen LogP contribution is 2.40. The van der Waals surface area contributed by atoms with Gasteiger partial charge in [0.25, 0.3) is 0 Å². The second-order valence-corrected chi connectivity index (χ2v) is 8.10. The second-order valence-electron chi connectivity index (χ2n) is 6.99. The molecule has 2 aliphatic rings. The molecule has 0 aliphatic heterocycles. The monoisotopic (exact) mass is 346 g/mol. The number of thiophene rings is 1. The number of rotatable bonds is 3. The van der Waals surface area contributed by atoms with Crippen LogP contribution < -0.4 is 5.32 Å². The zero-order valence-corrected chi connectivity index (χ0v) is 14.6. The van der Waals surface area contributed by atoms with Gasteiger partial charge in [-0.25, -0.2) is 0 Å². The van der Waals surface area contributed by atoms with Crippen LogP contribution in [0.2, 0.25) is 0 Å². The number of hydrogen-bond acceptors (Lipinski definition) is 4. The Hall–Kier alpha value is -1.87. The normalized spacial score (nSPS) is 26.2. The van der Waals surface area contributed by atoms with Crippen molar-refractivity contribution < 1.29 is 14.7 Å². The second kappa shape index (κ2) is 6.94. The molecule has 5 nitrogen and oxygen atoms in total. The van der Waals surface area contributed by atoms with Crippen molar-refractivity contribution in [2.24, 2.45) is 17.8 Å². The summed E-state index contributed by atoms with van der Waals surface area (Å²) in [4.78, 5) is 25.3. The number of nitrogens with zero attached hydrogens (tertiary/aromatic N) is 1. The SMILES string of the molecule is C[C@H]1CCc2c(sc(NC(=O)[C@@H]3CCCC[C@@H]3C(=O)O)c2C#N)C1. The highest BCUT2D eigenvalue weighted by molar-refractivity contribution is 7.16. The molecule has 6 heteroatoms. The summed E-state index contributed by atoms with van der Waals surface area (Å²) in [7, 11) is 0. The maximum Gasteiger partial charge on any atom is 0.307 e. The van der Waals surface area contributed by atoms with E-state index in [9.17, 15) is 20.0 Å². The van der Waals surface area contributed by atoms with E-state index in [1.807, 2.05) is 0 Å². The zero-order valence-electron chi connectivity index (χ0n) is 13.8. The van der Waals surface area contributed by atoms with Crippen molar-refractivity contribution in [2.75, 3.05) is 5.32 Å². The topological polar surface area (TPSA) is 90.2 Å². The molecule has 2 N–H and O–H groups in total. The summed E-state index contributed by atoms with van der Waals surface area (Å²) in [6.07, 6.45) is 5.79. The van der Waals surface area contributed by atoms with Crippen LogP contribution in [-0.4, -0.2) is 17.0 Å². The predicted octanol–water partition coefficient (Wildman–Crippen LogP) is 3.57. The van der Waals surface area contributed by atoms with E-state index in [0.29, 0.717) is 29.3 Å². The van der Waals surface area contributed by atoms with E-state index in [-0.39, 0.29) is 5.91 Å². The van der Waals surface area contributed by atoms with Gasteiger partial charge in [-0.05, 0) is 43.6 Å². The Morgan fingerprint density at radius 1 is 1.25 bits per heavy atom. The average Bonchev–Trinajstić information content (AvgIpc) is 2.90. The lowest BCUT2D eigenvalue weighted by molar-refractivity contribution is -0.147. The minimum atomic E-state index is -0.894. The number of hydrogen-bond donors (Lipinski definition) is 2. The molecule has 0 spiro atoms. The molecule has 0 bridgehead atoms. The predicted molar refractivity (Wildman–Crippen MR) is 91.9 cm³/mol. The van der Waals surface area contributed by atoms with Crippen molar-refractivity contribution in [1.82, 2.24) is 0 Å². The van der Waals surface area contributed by atoms with Crippen LogP contribution in [0.15, 0.2) is 0 Å². The van der Waals surface area contributed by atoms with E-state index in [2.05, 4.69) is 18.3 Å². The van der Waals surface area contributed by atoms with E-state index >= 15 is 0 Å². The summed E-state index contributed by atoms with van der Waals surface area (Å²) < 4.78 is 0. The molecular weight excluding hydrogens is 324 g/mol. The summed E-state index contributed by atoms with van der Waals surface area (Å²) in [5, 5.41) is 22.3. The van der Waals surface area contributed by atoms with Crippen molar-refractivity contribution in [3.05, 3.63) is 16.0 Å². The molecule has 1 heterocycles. The van der Waals surface area contributed by atoms with E-state index in [1.54, 1.807) is 0 Å². The Labute approximate surface area is 145 Å². The van der Waals surface area contributed by atoms with Crippen molar-refractivity contribution in [3.8, 4) is 6.07 Å². The number of aliphatic carboxylic acids is 1. The van der Waals surface area contributed by atoms with Crippen molar-refractivity contribution in [2.45, 2.75) is 51.9 Å². The van der Waals surface area contributed by atoms with Gasteiger partial charge in [-0.3, -0.25) is 9.59 Å². The van der Waals surface area contributed by atoms with Gasteiger partial charge in [0.05, 0.1) is 17.4 Å². The van der Waals surface area contributed by atoms with E-state index in [1.165, 1.54) is 16.2 Å². The Morgan fingerprint density at radius 3 is 2.62 bits per heavy atom. The third kappa shape index (κ3) is 3.18. The number of carbonyl (C=O) groups excluding carboxylic acids is 1. The van der Waals surface area contributed by atoms with Crippen LogP contribution in [0.5, 0.6) is 0 Å². The first kappa shape index (κ1) is 17.0. The van der Waals surface area contributed by atoms with Gasteiger partial charge in [-0.2, -0.15) is 5.26 Å². The smallest absolute Gasteiger partial charge is 0.307 e. The average molecular weight is 346 g/mol. The maximum absolute atomic E-state index is 12.7. The van der Waals surface area contributed by atoms with Gasteiger partial charge >= 0.3 is 5.97 Å². The summed E-state index contributed by atoms with van der Waals surface area (Å²) in [6.45, 7) is 2.20. The lowest BCUT2D eigenvalue weighted by atomic mass is 9.78. The number of fused-ring (bicyclic) bond motifs is 1. The van der Waals surface area contributed by atoms with E-state index in [4.69, 9.17) is 0 Å². The molecule has 2 aliphatic carbocycles. The molecule has 0 saturated heterocycles. The molecule has 24 heavy (non-hydrogen) atoms. The number of carboxylic acids is 1. The molecule has 1 aromatic heterocycles. The van der Waals surface area contributed by atoms with Crippen LogP contribution in [0.25, 0.3) is 0 Å². The minimum absolute atomic E-state index is 0.245. The van der Waals surface area contributed by atoms with Crippen LogP contribution in [0.3, 0.4) is 0 Å². The van der Waals surface area contributed by atoms with Crippen LogP contribution in [0.1, 0.15) is 55.0 Å². The molecule has 128 valence electrons. The molecule has 0 unspecified atom stereocenters. The van der Waals surface area contributed by atoms with Crippen molar-refractivity contribution in [3.63, 3.8) is 0 Å². The third-order valence-corrected chi connectivity index (χ3v) is 6.45. The van der Waals surface area contributed by atoms with Gasteiger partial charge in [-0.1, -0.05) is 19.8 Å². The van der Waals surface area contributed by atoms with Gasteiger partial charge in [0, 0.05) is 4.88 Å². The molecular formula is C18H22N2O3S. The Morgan fingerprint density at radius 2 is 1.96 bits per heavy atom. The quantitative estimate of drug-likeness (QED) is 0.875. The Balaban J connectivity index is 1.82. The molecule has 0 aromatic carbocycles. The largest absolute Gasteiger partial charge is 0.481 e. The summed E-state index contributed by atoms with van der Waals surface area (Å²) >= 11 is 1.49. The number of carboxylic acid groups (broad SMARTS) is 1. The number of amides is 1. The lowest BCUT2D eigenvalue weighted by Crippen LogP contribution is -2.36. The first-order chi connectivity index (χ1) is 11.5. The van der Waals surface area contributed by atoms with Gasteiger partial charge in [0.15, 0.2) is 0 Å². The molecule has 0 radical (unpaired) electrons. The molecule has 1 amide bonds. The molecule has 3 atom stereocenters. The van der Waals surface area contributed by atoms with Gasteiger partial charge in [0.1, 0.15) is 11.1 Å². The first-order valence-electron chi connectivity index (χ1n) is 8.59. The number of nitrogens with one attached hydrogen (secondary N) is 1. The molecule has 1 fully saturated rings. The van der Waals surface area contributed by atoms with Gasteiger partial charge in [0.2, 0.25) is 5.91 Å². The standard InChI is InChI=1S/C18H22N2O3S/c1-10-6-7-11-14(9-19)17(24-15(11)8-10)20-16(21)12-4-2-3-5-13(12)18(22)23/h10,12-13H,2-8H2,1H3,(H,20,21)(H,22,23)/t10-,12+,13-/m0/s1. The fraction of sp³-hybridized carbons (Fsp3) is 0.611. The summed E-state index contributed by atoms with van der Waals surface area (Å²) in [5.41, 5.74) is 1.66. The van der Waals surface area contributed by atoms with Gasteiger partial charge < -0.3 is 10.4 Å². The molecule has 1 saturated carbocycles. The van der Waals surface area contributed by atoms with E-state index < -0.39 is 17.8 Å². The van der Waals surface area contributed by atoms with E-state index in [0.717, 1.165) is 37.7 Å². The van der Waals surface area contributed by atoms with Crippen LogP contribution in [-0.2, 0) is 22.4 Å². The highest BCUT2D eigenvalue weighted by Gasteiger charge is 2.36. The summed E-state index contributed by atoms with van der Waals surface area (Å²) in [5.74, 6) is -1.65. The summed E-state index contributed by atoms with van der Waals surface area (Å²) in [6, 6.07) is 2.24.